The monoisotopic (exact) mass is 165 g/mol. The van der Waals surface area contributed by atoms with Crippen molar-refractivity contribution in [3.63, 3.8) is 0 Å². The quantitative estimate of drug-likeness (QED) is 0.688. The van der Waals surface area contributed by atoms with Crippen LogP contribution >= 0.6 is 0 Å². The van der Waals surface area contributed by atoms with Gasteiger partial charge in [-0.05, 0) is 26.0 Å². The highest BCUT2D eigenvalue weighted by atomic mass is 16.1. The molecule has 0 aliphatic heterocycles. The highest BCUT2D eigenvalue weighted by Crippen LogP contribution is 2.09. The molecule has 1 heterocycles. The van der Waals surface area contributed by atoms with E-state index >= 15 is 0 Å². The van der Waals surface area contributed by atoms with E-state index in [0.717, 1.165) is 5.69 Å². The van der Waals surface area contributed by atoms with Crippen molar-refractivity contribution in [2.75, 3.05) is 0 Å². The third-order valence-electron chi connectivity index (χ3n) is 1.69. The number of hydrogen-bond donors (Lipinski definition) is 1. The number of rotatable bonds is 2. The molecule has 0 bridgehead atoms. The van der Waals surface area contributed by atoms with Crippen LogP contribution in [0, 0.1) is 6.92 Å². The number of hydrogen-bond acceptors (Lipinski definition) is 3. The zero-order chi connectivity index (χ0) is 9.14. The van der Waals surface area contributed by atoms with Gasteiger partial charge in [-0.1, -0.05) is 0 Å². The van der Waals surface area contributed by atoms with Crippen molar-refractivity contribution in [2.45, 2.75) is 19.8 Å². The van der Waals surface area contributed by atoms with Crippen molar-refractivity contribution in [3.8, 4) is 0 Å². The van der Waals surface area contributed by atoms with E-state index in [9.17, 15) is 4.79 Å². The van der Waals surface area contributed by atoms with E-state index in [1.54, 1.807) is 13.0 Å². The van der Waals surface area contributed by atoms with Crippen LogP contribution in [-0.2, 0) is 4.79 Å². The van der Waals surface area contributed by atoms with Gasteiger partial charge in [-0.25, -0.2) is 0 Å². The Balaban J connectivity index is 2.89. The number of primary amides is 1. The first kappa shape index (κ1) is 8.64. The molecule has 0 aliphatic carbocycles. The molecule has 1 atom stereocenters. The largest absolute Gasteiger partial charge is 0.369 e. The molecule has 1 aromatic rings. The first-order valence-electron chi connectivity index (χ1n) is 3.71. The van der Waals surface area contributed by atoms with Gasteiger partial charge in [-0.15, -0.1) is 0 Å². The molecular formula is C8H11N3O. The Morgan fingerprint density at radius 1 is 1.50 bits per heavy atom. The fraction of sp³-hybridized carbons (Fsp3) is 0.375. The number of carbonyl (C=O) groups is 1. The van der Waals surface area contributed by atoms with E-state index < -0.39 is 0 Å². The maximum absolute atomic E-state index is 10.7. The smallest absolute Gasteiger partial charge is 0.226 e. The number of nitrogens with two attached hydrogens (primary N) is 1. The van der Waals surface area contributed by atoms with E-state index in [2.05, 4.69) is 10.2 Å². The summed E-state index contributed by atoms with van der Waals surface area (Å²) in [5.41, 5.74) is 6.55. The fourth-order valence-corrected chi connectivity index (χ4v) is 0.786. The molecule has 4 nitrogen and oxygen atoms in total. The predicted molar refractivity (Wildman–Crippen MR) is 44.4 cm³/mol. The van der Waals surface area contributed by atoms with E-state index in [4.69, 9.17) is 5.73 Å². The molecule has 64 valence electrons. The van der Waals surface area contributed by atoms with Crippen LogP contribution in [0.1, 0.15) is 24.2 Å². The van der Waals surface area contributed by atoms with Crippen LogP contribution in [0.4, 0.5) is 0 Å². The maximum Gasteiger partial charge on any atom is 0.226 e. The van der Waals surface area contributed by atoms with Crippen LogP contribution in [0.15, 0.2) is 12.1 Å². The SMILES string of the molecule is Cc1ccc(C(C)C(N)=O)nn1. The van der Waals surface area contributed by atoms with E-state index in [1.807, 2.05) is 13.0 Å². The van der Waals surface area contributed by atoms with Crippen LogP contribution in [0.5, 0.6) is 0 Å². The Hall–Kier alpha value is -1.45. The van der Waals surface area contributed by atoms with E-state index in [1.165, 1.54) is 0 Å². The minimum absolute atomic E-state index is 0.363. The second kappa shape index (κ2) is 3.30. The first-order valence-corrected chi connectivity index (χ1v) is 3.71. The van der Waals surface area contributed by atoms with Crippen molar-refractivity contribution in [2.24, 2.45) is 5.73 Å². The van der Waals surface area contributed by atoms with Crippen LogP contribution < -0.4 is 5.73 Å². The number of carbonyl (C=O) groups excluding carboxylic acids is 1. The number of amides is 1. The summed E-state index contributed by atoms with van der Waals surface area (Å²) in [5.74, 6) is -0.744. The minimum Gasteiger partial charge on any atom is -0.369 e. The lowest BCUT2D eigenvalue weighted by Crippen LogP contribution is -2.19. The van der Waals surface area contributed by atoms with Crippen LogP contribution in [0.3, 0.4) is 0 Å². The lowest BCUT2D eigenvalue weighted by atomic mass is 10.1. The summed E-state index contributed by atoms with van der Waals surface area (Å²) in [4.78, 5) is 10.7. The van der Waals surface area contributed by atoms with E-state index in [0.29, 0.717) is 5.69 Å². The molecule has 1 aromatic heterocycles. The summed E-state index contributed by atoms with van der Waals surface area (Å²) in [5, 5.41) is 7.67. The van der Waals surface area contributed by atoms with Gasteiger partial charge in [-0.2, -0.15) is 10.2 Å². The number of aryl methyl sites for hydroxylation is 1. The molecule has 1 amide bonds. The zero-order valence-corrected chi connectivity index (χ0v) is 7.11. The Kier molecular flexibility index (Phi) is 2.38. The molecule has 4 heteroatoms. The summed E-state index contributed by atoms with van der Waals surface area (Å²) in [6, 6.07) is 3.57. The van der Waals surface area contributed by atoms with Gasteiger partial charge in [0.25, 0.3) is 0 Å². The van der Waals surface area contributed by atoms with Gasteiger partial charge in [-0.3, -0.25) is 4.79 Å². The predicted octanol–water partition coefficient (Wildman–Crippen LogP) is 0.374. The maximum atomic E-state index is 10.7. The van der Waals surface area contributed by atoms with Gasteiger partial charge < -0.3 is 5.73 Å². The summed E-state index contributed by atoms with van der Waals surface area (Å²) in [7, 11) is 0. The van der Waals surface area contributed by atoms with Gasteiger partial charge in [0.2, 0.25) is 5.91 Å². The Labute approximate surface area is 70.8 Å². The van der Waals surface area contributed by atoms with Crippen molar-refractivity contribution >= 4 is 5.91 Å². The zero-order valence-electron chi connectivity index (χ0n) is 7.11. The van der Waals surface area contributed by atoms with Gasteiger partial charge in [0, 0.05) is 0 Å². The summed E-state index contributed by atoms with van der Waals surface area (Å²) in [6.45, 7) is 3.55. The van der Waals surface area contributed by atoms with Crippen molar-refractivity contribution in [3.05, 3.63) is 23.5 Å². The summed E-state index contributed by atoms with van der Waals surface area (Å²) in [6.07, 6.45) is 0. The van der Waals surface area contributed by atoms with Crippen molar-refractivity contribution < 1.29 is 4.79 Å². The van der Waals surface area contributed by atoms with E-state index in [-0.39, 0.29) is 11.8 Å². The molecule has 1 unspecified atom stereocenters. The van der Waals surface area contributed by atoms with Crippen molar-refractivity contribution in [1.82, 2.24) is 10.2 Å². The number of aromatic nitrogens is 2. The molecule has 0 aliphatic rings. The van der Waals surface area contributed by atoms with Gasteiger partial charge in [0.1, 0.15) is 0 Å². The lowest BCUT2D eigenvalue weighted by molar-refractivity contribution is -0.119. The van der Waals surface area contributed by atoms with Gasteiger partial charge in [0.05, 0.1) is 17.3 Å². The molecule has 2 N–H and O–H groups in total. The topological polar surface area (TPSA) is 68.9 Å². The Morgan fingerprint density at radius 3 is 2.58 bits per heavy atom. The average Bonchev–Trinajstić information content (AvgIpc) is 2.04. The van der Waals surface area contributed by atoms with Crippen molar-refractivity contribution in [1.29, 1.82) is 0 Å². The third-order valence-corrected chi connectivity index (χ3v) is 1.69. The fourth-order valence-electron chi connectivity index (χ4n) is 0.786. The molecule has 12 heavy (non-hydrogen) atoms. The summed E-state index contributed by atoms with van der Waals surface area (Å²) < 4.78 is 0. The van der Waals surface area contributed by atoms with Gasteiger partial charge in [0.15, 0.2) is 0 Å². The molecule has 0 spiro atoms. The van der Waals surface area contributed by atoms with Crippen LogP contribution in [0.2, 0.25) is 0 Å². The molecule has 0 radical (unpaired) electrons. The first-order chi connectivity index (χ1) is 5.61. The second-order valence-electron chi connectivity index (χ2n) is 2.72. The molecular weight excluding hydrogens is 154 g/mol. The average molecular weight is 165 g/mol. The molecule has 0 saturated heterocycles. The molecule has 1 rings (SSSR count). The Morgan fingerprint density at radius 2 is 2.17 bits per heavy atom. The third kappa shape index (κ3) is 1.78. The highest BCUT2D eigenvalue weighted by Gasteiger charge is 2.12. The second-order valence-corrected chi connectivity index (χ2v) is 2.72. The molecule has 0 aromatic carbocycles. The normalized spacial score (nSPS) is 12.5. The standard InChI is InChI=1S/C8H11N3O/c1-5-3-4-7(11-10-5)6(2)8(9)12/h3-4,6H,1-2H3,(H2,9,12). The lowest BCUT2D eigenvalue weighted by Gasteiger charge is -2.04. The molecule has 0 saturated carbocycles. The molecule has 0 fully saturated rings. The van der Waals surface area contributed by atoms with Crippen LogP contribution in [0.25, 0.3) is 0 Å². The highest BCUT2D eigenvalue weighted by molar-refractivity contribution is 5.80. The minimum atomic E-state index is -0.381. The number of nitrogens with zero attached hydrogens (tertiary/aromatic N) is 2. The Bertz CT molecular complexity index is 281. The van der Waals surface area contributed by atoms with Crippen LogP contribution in [-0.4, -0.2) is 16.1 Å². The summed E-state index contributed by atoms with van der Waals surface area (Å²) >= 11 is 0. The van der Waals surface area contributed by atoms with Gasteiger partial charge >= 0.3 is 0 Å².